The fourth-order valence-electron chi connectivity index (χ4n) is 1.66. The predicted octanol–water partition coefficient (Wildman–Crippen LogP) is 2.09. The van der Waals surface area contributed by atoms with Gasteiger partial charge in [0.25, 0.3) is 0 Å². The molecule has 0 spiro atoms. The molecule has 0 amide bonds. The topological polar surface area (TPSA) is 20.3 Å². The van der Waals surface area contributed by atoms with E-state index < -0.39 is 0 Å². The van der Waals surface area contributed by atoms with Gasteiger partial charge in [-0.2, -0.15) is 0 Å². The zero-order chi connectivity index (χ0) is 9.68. The smallest absolute Gasteiger partial charge is 0.135 e. The van der Waals surface area contributed by atoms with Crippen LogP contribution in [-0.2, 0) is 4.79 Å². The number of hydrogen-bond donors (Lipinski definition) is 0. The minimum absolute atomic E-state index is 0.444. The molecule has 0 atom stereocenters. The van der Waals surface area contributed by atoms with Crippen LogP contribution in [-0.4, -0.2) is 31.3 Å². The highest BCUT2D eigenvalue weighted by Gasteiger charge is 2.23. The van der Waals surface area contributed by atoms with E-state index in [-0.39, 0.29) is 0 Å². The van der Waals surface area contributed by atoms with Gasteiger partial charge in [0.2, 0.25) is 0 Å². The summed E-state index contributed by atoms with van der Waals surface area (Å²) >= 11 is 0. The van der Waals surface area contributed by atoms with Gasteiger partial charge < -0.3 is 4.90 Å². The maximum absolute atomic E-state index is 11.5. The molecular weight excluding hydrogens is 162 g/mol. The van der Waals surface area contributed by atoms with Crippen molar-refractivity contribution in [1.82, 2.24) is 4.90 Å². The molecule has 13 heavy (non-hydrogen) atoms. The summed E-state index contributed by atoms with van der Waals surface area (Å²) < 4.78 is 0. The second kappa shape index (κ2) is 5.38. The van der Waals surface area contributed by atoms with Crippen LogP contribution in [0.1, 0.15) is 38.5 Å². The minimum atomic E-state index is 0.444. The fraction of sp³-hybridized carbons (Fsp3) is 0.909. The Balaban J connectivity index is 1.95. The number of carbonyl (C=O) groups is 1. The predicted molar refractivity (Wildman–Crippen MR) is 54.8 cm³/mol. The highest BCUT2D eigenvalue weighted by molar-refractivity contribution is 5.81. The van der Waals surface area contributed by atoms with Crippen molar-refractivity contribution in [3.8, 4) is 0 Å². The van der Waals surface area contributed by atoms with Crippen molar-refractivity contribution < 1.29 is 4.79 Å². The van der Waals surface area contributed by atoms with Crippen LogP contribution in [0.15, 0.2) is 0 Å². The Hall–Kier alpha value is -0.370. The van der Waals surface area contributed by atoms with Crippen LogP contribution in [0.4, 0.5) is 0 Å². The summed E-state index contributed by atoms with van der Waals surface area (Å²) in [5.41, 5.74) is 0. The Bertz CT molecular complexity index is 161. The first-order chi connectivity index (χ1) is 6.20. The van der Waals surface area contributed by atoms with E-state index in [1.54, 1.807) is 0 Å². The van der Waals surface area contributed by atoms with Crippen LogP contribution in [0.2, 0.25) is 0 Å². The van der Waals surface area contributed by atoms with Gasteiger partial charge in [0.15, 0.2) is 0 Å². The summed E-state index contributed by atoms with van der Waals surface area (Å²) in [4.78, 5) is 13.6. The number of nitrogens with zero attached hydrogens (tertiary/aromatic N) is 1. The van der Waals surface area contributed by atoms with Crippen molar-refractivity contribution in [3.63, 3.8) is 0 Å². The molecule has 0 radical (unpaired) electrons. The van der Waals surface area contributed by atoms with Crippen LogP contribution in [0, 0.1) is 5.92 Å². The Kier molecular flexibility index (Phi) is 4.43. The van der Waals surface area contributed by atoms with Gasteiger partial charge in [0.05, 0.1) is 0 Å². The van der Waals surface area contributed by atoms with Gasteiger partial charge in [-0.3, -0.25) is 4.79 Å². The lowest BCUT2D eigenvalue weighted by molar-refractivity contribution is -0.125. The quantitative estimate of drug-likeness (QED) is 0.588. The number of ketones is 1. The average Bonchev–Trinajstić information content (AvgIpc) is 1.94. The summed E-state index contributed by atoms with van der Waals surface area (Å²) in [7, 11) is 4.15. The molecule has 0 heterocycles. The Morgan fingerprint density at radius 1 is 1.31 bits per heavy atom. The van der Waals surface area contributed by atoms with Gasteiger partial charge in [-0.25, -0.2) is 0 Å². The normalized spacial score (nSPS) is 17.5. The van der Waals surface area contributed by atoms with Crippen LogP contribution in [0.3, 0.4) is 0 Å². The third-order valence-corrected chi connectivity index (χ3v) is 2.84. The molecule has 2 heteroatoms. The number of hydrogen-bond acceptors (Lipinski definition) is 2. The van der Waals surface area contributed by atoms with Crippen molar-refractivity contribution in [1.29, 1.82) is 0 Å². The van der Waals surface area contributed by atoms with Crippen LogP contribution in [0.25, 0.3) is 0 Å². The van der Waals surface area contributed by atoms with Gasteiger partial charge in [0.1, 0.15) is 5.78 Å². The maximum atomic E-state index is 11.5. The molecule has 76 valence electrons. The van der Waals surface area contributed by atoms with E-state index in [1.165, 1.54) is 6.42 Å². The summed E-state index contributed by atoms with van der Waals surface area (Å²) in [6.45, 7) is 1.11. The van der Waals surface area contributed by atoms with Gasteiger partial charge in [-0.05, 0) is 46.3 Å². The molecule has 2 nitrogen and oxygen atoms in total. The molecule has 0 bridgehead atoms. The summed E-state index contributed by atoms with van der Waals surface area (Å²) in [6.07, 6.45) is 6.64. The Morgan fingerprint density at radius 3 is 2.46 bits per heavy atom. The zero-order valence-corrected chi connectivity index (χ0v) is 8.88. The molecule has 1 fully saturated rings. The van der Waals surface area contributed by atoms with Crippen molar-refractivity contribution in [2.45, 2.75) is 38.5 Å². The zero-order valence-electron chi connectivity index (χ0n) is 8.88. The SMILES string of the molecule is CN(C)CCCCC(=O)C1CCC1. The van der Waals surface area contributed by atoms with E-state index in [4.69, 9.17) is 0 Å². The molecule has 0 saturated heterocycles. The fourth-order valence-corrected chi connectivity index (χ4v) is 1.66. The van der Waals surface area contributed by atoms with E-state index in [0.29, 0.717) is 11.7 Å². The second-order valence-corrected chi connectivity index (χ2v) is 4.35. The summed E-state index contributed by atoms with van der Waals surface area (Å²) in [5.74, 6) is 0.962. The van der Waals surface area contributed by atoms with Crippen LogP contribution >= 0.6 is 0 Å². The summed E-state index contributed by atoms with van der Waals surface area (Å²) in [6, 6.07) is 0. The largest absolute Gasteiger partial charge is 0.309 e. The molecule has 0 unspecified atom stereocenters. The number of carbonyl (C=O) groups excluding carboxylic acids is 1. The molecular formula is C11H21NO. The highest BCUT2D eigenvalue weighted by atomic mass is 16.1. The van der Waals surface area contributed by atoms with Crippen LogP contribution in [0.5, 0.6) is 0 Å². The molecule has 0 aromatic carbocycles. The molecule has 0 aliphatic heterocycles. The Morgan fingerprint density at radius 2 is 2.00 bits per heavy atom. The second-order valence-electron chi connectivity index (χ2n) is 4.35. The number of Topliss-reactive ketones (excluding diaryl/α,β-unsaturated/α-hetero) is 1. The highest BCUT2D eigenvalue weighted by Crippen LogP contribution is 2.28. The van der Waals surface area contributed by atoms with Crippen molar-refractivity contribution in [2.75, 3.05) is 20.6 Å². The Labute approximate surface area is 81.3 Å². The van der Waals surface area contributed by atoms with Crippen molar-refractivity contribution in [2.24, 2.45) is 5.92 Å². The lowest BCUT2D eigenvalue weighted by atomic mass is 9.81. The molecule has 0 aromatic heterocycles. The first kappa shape index (κ1) is 10.7. The third kappa shape index (κ3) is 3.90. The number of unbranched alkanes of at least 4 members (excludes halogenated alkanes) is 1. The first-order valence-corrected chi connectivity index (χ1v) is 5.37. The lowest BCUT2D eigenvalue weighted by Gasteiger charge is -2.23. The van der Waals surface area contributed by atoms with E-state index in [2.05, 4.69) is 19.0 Å². The van der Waals surface area contributed by atoms with E-state index >= 15 is 0 Å². The van der Waals surface area contributed by atoms with E-state index in [1.807, 2.05) is 0 Å². The van der Waals surface area contributed by atoms with Gasteiger partial charge in [-0.1, -0.05) is 6.42 Å². The minimum Gasteiger partial charge on any atom is -0.309 e. The molecule has 1 aliphatic carbocycles. The number of rotatable bonds is 6. The molecule has 0 aromatic rings. The monoisotopic (exact) mass is 183 g/mol. The molecule has 1 rings (SSSR count). The van der Waals surface area contributed by atoms with E-state index in [9.17, 15) is 4.79 Å². The maximum Gasteiger partial charge on any atom is 0.135 e. The van der Waals surface area contributed by atoms with Crippen LogP contribution < -0.4 is 0 Å². The van der Waals surface area contributed by atoms with E-state index in [0.717, 1.165) is 38.6 Å². The summed E-state index contributed by atoms with van der Waals surface area (Å²) in [5, 5.41) is 0. The van der Waals surface area contributed by atoms with Gasteiger partial charge in [-0.15, -0.1) is 0 Å². The van der Waals surface area contributed by atoms with Crippen molar-refractivity contribution in [3.05, 3.63) is 0 Å². The average molecular weight is 183 g/mol. The third-order valence-electron chi connectivity index (χ3n) is 2.84. The molecule has 1 aliphatic rings. The molecule has 1 saturated carbocycles. The first-order valence-electron chi connectivity index (χ1n) is 5.37. The van der Waals surface area contributed by atoms with Gasteiger partial charge >= 0.3 is 0 Å². The molecule has 0 N–H and O–H groups in total. The standard InChI is InChI=1S/C11H21NO/c1-12(2)9-4-3-8-11(13)10-6-5-7-10/h10H,3-9H2,1-2H3. The van der Waals surface area contributed by atoms with Crippen molar-refractivity contribution >= 4 is 5.78 Å². The lowest BCUT2D eigenvalue weighted by Crippen LogP contribution is -2.22. The van der Waals surface area contributed by atoms with Gasteiger partial charge in [0, 0.05) is 12.3 Å².